The maximum absolute atomic E-state index is 13.5. The topological polar surface area (TPSA) is 101 Å². The van der Waals surface area contributed by atoms with Gasteiger partial charge in [0, 0.05) is 18.2 Å². The molecule has 0 saturated carbocycles. The van der Waals surface area contributed by atoms with E-state index in [9.17, 15) is 26.0 Å². The smallest absolute Gasteiger partial charge is 0.235 e. The van der Waals surface area contributed by atoms with Gasteiger partial charge in [0.1, 0.15) is 5.82 Å². The quantitative estimate of drug-likeness (QED) is 0.744. The minimum absolute atomic E-state index is 0.0773. The van der Waals surface area contributed by atoms with Crippen LogP contribution in [-0.2, 0) is 31.2 Å². The Bertz CT molecular complexity index is 823. The Morgan fingerprint density at radius 1 is 1.38 bits per heavy atom. The summed E-state index contributed by atoms with van der Waals surface area (Å²) in [6.07, 6.45) is 1.10. The van der Waals surface area contributed by atoms with Crippen molar-refractivity contribution in [3.05, 3.63) is 35.6 Å². The lowest BCUT2D eigenvalue weighted by Gasteiger charge is -2.24. The van der Waals surface area contributed by atoms with Gasteiger partial charge >= 0.3 is 0 Å². The summed E-state index contributed by atoms with van der Waals surface area (Å²) in [5, 5.41) is 2.45. The molecule has 0 aliphatic carbocycles. The number of hydrogen-bond donors (Lipinski definition) is 1. The molecule has 0 radical (unpaired) electrons. The molecule has 24 heavy (non-hydrogen) atoms. The van der Waals surface area contributed by atoms with Crippen molar-refractivity contribution in [3.63, 3.8) is 0 Å². The van der Waals surface area contributed by atoms with Crippen LogP contribution in [0.2, 0.25) is 0 Å². The van der Waals surface area contributed by atoms with E-state index in [1.807, 2.05) is 0 Å². The molecule has 1 saturated heterocycles. The van der Waals surface area contributed by atoms with Crippen molar-refractivity contribution >= 4 is 25.8 Å². The predicted molar refractivity (Wildman–Crippen MR) is 86.9 cm³/mol. The monoisotopic (exact) mass is 378 g/mol. The molecule has 0 spiro atoms. The first kappa shape index (κ1) is 18.8. The number of nitrogens with one attached hydrogen (secondary N) is 1. The van der Waals surface area contributed by atoms with Crippen LogP contribution in [0.4, 0.5) is 4.39 Å². The van der Waals surface area contributed by atoms with Gasteiger partial charge in [-0.2, -0.15) is 4.31 Å². The first-order valence-corrected chi connectivity index (χ1v) is 10.9. The average molecular weight is 378 g/mol. The van der Waals surface area contributed by atoms with E-state index in [4.69, 9.17) is 0 Å². The fraction of sp³-hybridized carbons (Fsp3) is 0.500. The molecule has 7 nitrogen and oxygen atoms in total. The van der Waals surface area contributed by atoms with E-state index in [-0.39, 0.29) is 30.0 Å². The largest absolute Gasteiger partial charge is 0.351 e. The SMILES string of the molecule is CS(=O)(=O)N(CC(=O)NCc1ccccc1F)C1CCS(=O)(=O)C1. The van der Waals surface area contributed by atoms with Gasteiger partial charge in [0.15, 0.2) is 9.84 Å². The van der Waals surface area contributed by atoms with Gasteiger partial charge in [0.25, 0.3) is 0 Å². The van der Waals surface area contributed by atoms with E-state index in [1.54, 1.807) is 6.07 Å². The molecule has 1 aromatic rings. The Labute approximate surface area is 140 Å². The van der Waals surface area contributed by atoms with Gasteiger partial charge in [-0.1, -0.05) is 18.2 Å². The van der Waals surface area contributed by atoms with Gasteiger partial charge in [-0.3, -0.25) is 4.79 Å². The summed E-state index contributed by atoms with van der Waals surface area (Å²) in [4.78, 5) is 12.0. The van der Waals surface area contributed by atoms with Crippen molar-refractivity contribution in [2.45, 2.75) is 19.0 Å². The molecule has 134 valence electrons. The lowest BCUT2D eigenvalue weighted by Crippen LogP contribution is -2.46. The maximum atomic E-state index is 13.5. The van der Waals surface area contributed by atoms with Crippen LogP contribution in [0.3, 0.4) is 0 Å². The minimum Gasteiger partial charge on any atom is -0.351 e. The summed E-state index contributed by atoms with van der Waals surface area (Å²) in [6, 6.07) is 5.16. The Balaban J connectivity index is 2.02. The second kappa shape index (κ2) is 7.16. The number of hydrogen-bond acceptors (Lipinski definition) is 5. The molecular formula is C14H19FN2O5S2. The molecule has 0 aromatic heterocycles. The zero-order valence-corrected chi connectivity index (χ0v) is 14.7. The molecule has 1 atom stereocenters. The average Bonchev–Trinajstić information content (AvgIpc) is 2.82. The fourth-order valence-electron chi connectivity index (χ4n) is 2.55. The third-order valence-electron chi connectivity index (χ3n) is 3.77. The Hall–Kier alpha value is -1.52. The maximum Gasteiger partial charge on any atom is 0.235 e. The predicted octanol–water partition coefficient (Wildman–Crippen LogP) is -0.109. The lowest BCUT2D eigenvalue weighted by molar-refractivity contribution is -0.121. The van der Waals surface area contributed by atoms with E-state index in [1.165, 1.54) is 18.2 Å². The summed E-state index contributed by atoms with van der Waals surface area (Å²) in [5.74, 6) is -1.48. The van der Waals surface area contributed by atoms with Crippen LogP contribution in [0, 0.1) is 5.82 Å². The first-order valence-electron chi connectivity index (χ1n) is 7.26. The fourth-order valence-corrected chi connectivity index (χ4v) is 5.45. The van der Waals surface area contributed by atoms with E-state index >= 15 is 0 Å². The summed E-state index contributed by atoms with van der Waals surface area (Å²) < 4.78 is 61.2. The summed E-state index contributed by atoms with van der Waals surface area (Å²) in [6.45, 7) is -0.570. The first-order chi connectivity index (χ1) is 11.1. The number of carbonyl (C=O) groups excluding carboxylic acids is 1. The van der Waals surface area contributed by atoms with E-state index in [0.29, 0.717) is 0 Å². The normalized spacial score (nSPS) is 20.2. The molecule has 1 amide bonds. The second-order valence-electron chi connectivity index (χ2n) is 5.73. The Kier molecular flexibility index (Phi) is 5.61. The Morgan fingerprint density at radius 3 is 2.58 bits per heavy atom. The molecule has 10 heteroatoms. The molecule has 1 fully saturated rings. The molecule has 0 bridgehead atoms. The molecular weight excluding hydrogens is 359 g/mol. The molecule has 1 aliphatic heterocycles. The third kappa shape index (κ3) is 4.99. The van der Waals surface area contributed by atoms with Gasteiger partial charge in [0.2, 0.25) is 15.9 Å². The molecule has 1 aliphatic rings. The highest BCUT2D eigenvalue weighted by Gasteiger charge is 2.37. The van der Waals surface area contributed by atoms with Crippen molar-refractivity contribution in [2.24, 2.45) is 0 Å². The highest BCUT2D eigenvalue weighted by molar-refractivity contribution is 7.92. The minimum atomic E-state index is -3.75. The van der Waals surface area contributed by atoms with Crippen LogP contribution < -0.4 is 5.32 Å². The number of sulfonamides is 1. The van der Waals surface area contributed by atoms with Gasteiger partial charge in [-0.25, -0.2) is 21.2 Å². The van der Waals surface area contributed by atoms with Crippen LogP contribution in [0.15, 0.2) is 24.3 Å². The van der Waals surface area contributed by atoms with Crippen molar-refractivity contribution in [2.75, 3.05) is 24.3 Å². The summed E-state index contributed by atoms with van der Waals surface area (Å²) >= 11 is 0. The summed E-state index contributed by atoms with van der Waals surface area (Å²) in [5.41, 5.74) is 0.278. The van der Waals surface area contributed by atoms with Gasteiger partial charge in [-0.05, 0) is 12.5 Å². The summed E-state index contributed by atoms with van der Waals surface area (Å²) in [7, 11) is -7.04. The zero-order chi connectivity index (χ0) is 18.0. The molecule has 2 rings (SSSR count). The van der Waals surface area contributed by atoms with Crippen molar-refractivity contribution in [3.8, 4) is 0 Å². The van der Waals surface area contributed by atoms with Crippen molar-refractivity contribution < 1.29 is 26.0 Å². The molecule has 1 N–H and O–H groups in total. The van der Waals surface area contributed by atoms with Crippen LogP contribution in [0.1, 0.15) is 12.0 Å². The van der Waals surface area contributed by atoms with Crippen LogP contribution >= 0.6 is 0 Å². The van der Waals surface area contributed by atoms with E-state index < -0.39 is 44.2 Å². The van der Waals surface area contributed by atoms with Crippen LogP contribution in [0.5, 0.6) is 0 Å². The van der Waals surface area contributed by atoms with Crippen LogP contribution in [0.25, 0.3) is 0 Å². The lowest BCUT2D eigenvalue weighted by atomic mass is 10.2. The van der Waals surface area contributed by atoms with E-state index in [0.717, 1.165) is 10.6 Å². The van der Waals surface area contributed by atoms with Gasteiger partial charge in [0.05, 0.1) is 24.3 Å². The number of halogens is 1. The van der Waals surface area contributed by atoms with Gasteiger partial charge in [-0.15, -0.1) is 0 Å². The van der Waals surface area contributed by atoms with Gasteiger partial charge < -0.3 is 5.32 Å². The standard InChI is InChI=1S/C14H19FN2O5S2/c1-23(19,20)17(12-6-7-24(21,22)10-12)9-14(18)16-8-11-4-2-3-5-13(11)15/h2-5,12H,6-10H2,1H3,(H,16,18). The second-order valence-corrected chi connectivity index (χ2v) is 9.90. The van der Waals surface area contributed by atoms with Crippen molar-refractivity contribution in [1.29, 1.82) is 0 Å². The molecule has 1 aromatic carbocycles. The number of amides is 1. The number of nitrogens with zero attached hydrogens (tertiary/aromatic N) is 1. The zero-order valence-electron chi connectivity index (χ0n) is 13.1. The van der Waals surface area contributed by atoms with Crippen LogP contribution in [-0.4, -0.2) is 57.4 Å². The highest BCUT2D eigenvalue weighted by atomic mass is 32.2. The number of benzene rings is 1. The van der Waals surface area contributed by atoms with E-state index in [2.05, 4.69) is 5.32 Å². The number of sulfone groups is 1. The highest BCUT2D eigenvalue weighted by Crippen LogP contribution is 2.20. The molecule has 1 heterocycles. The number of carbonyl (C=O) groups is 1. The van der Waals surface area contributed by atoms with Crippen molar-refractivity contribution in [1.82, 2.24) is 9.62 Å². The third-order valence-corrected chi connectivity index (χ3v) is 6.80. The Morgan fingerprint density at radius 2 is 2.04 bits per heavy atom. The number of rotatable bonds is 6. The molecule has 1 unspecified atom stereocenters.